The van der Waals surface area contributed by atoms with Gasteiger partial charge in [0.2, 0.25) is 0 Å². The van der Waals surface area contributed by atoms with Gasteiger partial charge in [0.25, 0.3) is 5.92 Å². The van der Waals surface area contributed by atoms with Crippen LogP contribution in [0.1, 0.15) is 65.0 Å². The van der Waals surface area contributed by atoms with E-state index < -0.39 is 5.92 Å². The van der Waals surface area contributed by atoms with E-state index in [2.05, 4.69) is 51.8 Å². The first-order chi connectivity index (χ1) is 15.0. The van der Waals surface area contributed by atoms with E-state index in [0.29, 0.717) is 0 Å². The monoisotopic (exact) mass is 443 g/mol. The first-order valence-corrected chi connectivity index (χ1v) is 11.5. The molecule has 1 atom stereocenters. The topological polar surface area (TPSA) is 12.5 Å². The van der Waals surface area contributed by atoms with Crippen LogP contribution in [0.4, 0.5) is 8.78 Å². The zero-order valence-corrected chi connectivity index (χ0v) is 20.3. The molecule has 1 aliphatic heterocycles. The van der Waals surface area contributed by atoms with Crippen molar-refractivity contribution < 1.29 is 13.5 Å². The summed E-state index contributed by atoms with van der Waals surface area (Å²) in [5, 5.41) is 0. The lowest BCUT2D eigenvalue weighted by molar-refractivity contribution is 0.0174. The van der Waals surface area contributed by atoms with Crippen molar-refractivity contribution >= 4 is 0 Å². The molecule has 0 spiro atoms. The minimum absolute atomic E-state index is 0.0596. The summed E-state index contributed by atoms with van der Waals surface area (Å²) in [6, 6.07) is 7.11. The Bertz CT molecular complexity index is 818. The van der Waals surface area contributed by atoms with Gasteiger partial charge < -0.3 is 4.74 Å². The molecule has 1 aromatic carbocycles. The van der Waals surface area contributed by atoms with E-state index in [1.807, 2.05) is 18.2 Å². The molecule has 0 aromatic heterocycles. The average molecular weight is 444 g/mol. The predicted molar refractivity (Wildman–Crippen MR) is 131 cm³/mol. The van der Waals surface area contributed by atoms with Crippen molar-refractivity contribution in [2.75, 3.05) is 13.1 Å². The number of ether oxygens (including phenoxy) is 1. The summed E-state index contributed by atoms with van der Waals surface area (Å²) in [5.41, 5.74) is 2.28. The molecule has 0 aliphatic carbocycles. The molecule has 2 nitrogen and oxygen atoms in total. The maximum Gasteiger partial charge on any atom is 0.270 e. The molecular weight excluding hydrogens is 404 g/mol. The van der Waals surface area contributed by atoms with Gasteiger partial charge in [0.1, 0.15) is 11.9 Å². The van der Waals surface area contributed by atoms with Crippen LogP contribution in [0.3, 0.4) is 0 Å². The molecule has 1 unspecified atom stereocenters. The van der Waals surface area contributed by atoms with Crippen LogP contribution in [0.25, 0.3) is 0 Å². The van der Waals surface area contributed by atoms with E-state index in [9.17, 15) is 8.78 Å². The Labute approximate surface area is 193 Å². The van der Waals surface area contributed by atoms with Gasteiger partial charge in [-0.15, -0.1) is 0 Å². The summed E-state index contributed by atoms with van der Waals surface area (Å²) >= 11 is 0. The van der Waals surface area contributed by atoms with Gasteiger partial charge in [-0.1, -0.05) is 69.0 Å². The molecule has 1 fully saturated rings. The number of alkyl halides is 2. The second-order valence-electron chi connectivity index (χ2n) is 9.73. The number of piperidine rings is 1. The van der Waals surface area contributed by atoms with E-state index in [1.165, 1.54) is 5.57 Å². The second kappa shape index (κ2) is 11.1. The number of rotatable bonds is 10. The van der Waals surface area contributed by atoms with Gasteiger partial charge >= 0.3 is 0 Å². The molecule has 0 saturated carbocycles. The first kappa shape index (κ1) is 26.1. The van der Waals surface area contributed by atoms with Crippen LogP contribution in [-0.4, -0.2) is 30.1 Å². The van der Waals surface area contributed by atoms with Crippen molar-refractivity contribution in [3.05, 3.63) is 84.2 Å². The molecule has 1 saturated heterocycles. The van der Waals surface area contributed by atoms with Crippen molar-refractivity contribution in [1.29, 1.82) is 0 Å². The average Bonchev–Trinajstić information content (AvgIpc) is 2.72. The summed E-state index contributed by atoms with van der Waals surface area (Å²) < 4.78 is 33.3. The highest BCUT2D eigenvalue weighted by Gasteiger charge is 2.31. The fourth-order valence-electron chi connectivity index (χ4n) is 4.32. The van der Waals surface area contributed by atoms with Gasteiger partial charge in [0, 0.05) is 31.6 Å². The molecule has 0 radical (unpaired) electrons. The summed E-state index contributed by atoms with van der Waals surface area (Å²) in [6.07, 6.45) is 10.6. The van der Waals surface area contributed by atoms with Crippen LogP contribution >= 0.6 is 0 Å². The molecule has 2 rings (SSSR count). The predicted octanol–water partition coefficient (Wildman–Crippen LogP) is 7.54. The van der Waals surface area contributed by atoms with Crippen LogP contribution < -0.4 is 0 Å². The van der Waals surface area contributed by atoms with Crippen molar-refractivity contribution in [2.45, 2.75) is 77.4 Å². The maximum atomic E-state index is 13.6. The van der Waals surface area contributed by atoms with Crippen LogP contribution in [0.2, 0.25) is 0 Å². The van der Waals surface area contributed by atoms with E-state index in [-0.39, 0.29) is 23.1 Å². The lowest BCUT2D eigenvalue weighted by atomic mass is 9.78. The molecule has 32 heavy (non-hydrogen) atoms. The Kier molecular flexibility index (Phi) is 9.03. The molecule has 0 N–H and O–H groups in total. The molecular formula is C28H39F2NO. The zero-order valence-electron chi connectivity index (χ0n) is 20.3. The van der Waals surface area contributed by atoms with Crippen molar-refractivity contribution in [2.24, 2.45) is 0 Å². The smallest absolute Gasteiger partial charge is 0.270 e. The van der Waals surface area contributed by atoms with E-state index in [4.69, 9.17) is 4.74 Å². The fourth-order valence-corrected chi connectivity index (χ4v) is 4.32. The summed E-state index contributed by atoms with van der Waals surface area (Å²) in [4.78, 5) is 2.52. The lowest BCUT2D eigenvalue weighted by Crippen LogP contribution is -2.45. The lowest BCUT2D eigenvalue weighted by Gasteiger charge is -2.40. The Morgan fingerprint density at radius 1 is 1.09 bits per heavy atom. The molecule has 1 aromatic rings. The number of likely N-dealkylation sites (tertiary alicyclic amines) is 1. The molecule has 4 heteroatoms. The fraction of sp³-hybridized carbons (Fsp3) is 0.500. The Morgan fingerprint density at radius 3 is 2.12 bits per heavy atom. The SMILES string of the molecule is C=C/C=C(\C=C)OC1CCN(C(C=C(C)C)CC(C)(C)c2ccc(C(C)(F)F)cc2)CC1. The van der Waals surface area contributed by atoms with E-state index in [0.717, 1.165) is 50.6 Å². The van der Waals surface area contributed by atoms with Crippen LogP contribution in [-0.2, 0) is 16.1 Å². The van der Waals surface area contributed by atoms with Gasteiger partial charge in [-0.25, -0.2) is 8.78 Å². The molecule has 0 bridgehead atoms. The second-order valence-corrected chi connectivity index (χ2v) is 9.73. The van der Waals surface area contributed by atoms with Crippen molar-refractivity contribution in [1.82, 2.24) is 4.90 Å². The summed E-state index contributed by atoms with van der Waals surface area (Å²) in [6.45, 7) is 19.0. The Balaban J connectivity index is 2.10. The Hall–Kier alpha value is -2.20. The van der Waals surface area contributed by atoms with Gasteiger partial charge in [0.15, 0.2) is 0 Å². The van der Waals surface area contributed by atoms with Crippen molar-refractivity contribution in [3.63, 3.8) is 0 Å². The number of hydrogen-bond acceptors (Lipinski definition) is 2. The van der Waals surface area contributed by atoms with E-state index >= 15 is 0 Å². The number of hydrogen-bond donors (Lipinski definition) is 0. The number of nitrogens with zero attached hydrogens (tertiary/aromatic N) is 1. The molecule has 176 valence electrons. The number of allylic oxidation sites excluding steroid dienone is 4. The van der Waals surface area contributed by atoms with Gasteiger partial charge in [-0.2, -0.15) is 0 Å². The normalized spacial score (nSPS) is 17.5. The van der Waals surface area contributed by atoms with Crippen molar-refractivity contribution in [3.8, 4) is 0 Å². The standard InChI is InChI=1S/C28H39F2NO/c1-8-10-25(9-2)32-26-15-17-31(18-16-26)24(19-21(3)4)20-27(5,6)22-11-13-23(14-12-22)28(7,29)30/h8-14,19,24,26H,1-2,15-18,20H2,3-7H3/b25-10+. The third-order valence-corrected chi connectivity index (χ3v) is 6.15. The summed E-state index contributed by atoms with van der Waals surface area (Å²) in [7, 11) is 0. The minimum Gasteiger partial charge on any atom is -0.490 e. The molecule has 1 aliphatic rings. The van der Waals surface area contributed by atoms with Gasteiger partial charge in [0.05, 0.1) is 0 Å². The maximum absolute atomic E-state index is 13.6. The highest BCUT2D eigenvalue weighted by molar-refractivity contribution is 5.30. The van der Waals surface area contributed by atoms with Crippen LogP contribution in [0.15, 0.2) is 73.1 Å². The number of benzene rings is 1. The van der Waals surface area contributed by atoms with Crippen LogP contribution in [0.5, 0.6) is 0 Å². The molecule has 1 heterocycles. The summed E-state index contributed by atoms with van der Waals surface area (Å²) in [5.74, 6) is -2.05. The van der Waals surface area contributed by atoms with Gasteiger partial charge in [-0.05, 0) is 56.2 Å². The van der Waals surface area contributed by atoms with Crippen LogP contribution in [0, 0.1) is 0 Å². The Morgan fingerprint density at radius 2 is 1.66 bits per heavy atom. The highest BCUT2D eigenvalue weighted by atomic mass is 19.3. The third kappa shape index (κ3) is 7.44. The van der Waals surface area contributed by atoms with Gasteiger partial charge in [-0.3, -0.25) is 4.90 Å². The largest absolute Gasteiger partial charge is 0.490 e. The first-order valence-electron chi connectivity index (χ1n) is 11.5. The quantitative estimate of drug-likeness (QED) is 0.210. The zero-order chi connectivity index (χ0) is 23.9. The number of halogens is 2. The molecule has 0 amide bonds. The third-order valence-electron chi connectivity index (χ3n) is 6.15. The minimum atomic E-state index is -2.81. The highest BCUT2D eigenvalue weighted by Crippen LogP contribution is 2.34. The van der Waals surface area contributed by atoms with E-state index in [1.54, 1.807) is 24.3 Å².